The predicted molar refractivity (Wildman–Crippen MR) is 147 cm³/mol. The molecule has 1 aromatic heterocycles. The number of benzene rings is 3. The topological polar surface area (TPSA) is 88.4 Å². The Morgan fingerprint density at radius 3 is 2.69 bits per heavy atom. The zero-order valence-corrected chi connectivity index (χ0v) is 22.1. The van der Waals surface area contributed by atoms with Gasteiger partial charge in [-0.05, 0) is 48.4 Å². The maximum absolute atomic E-state index is 14.0. The number of ether oxygens (including phenoxy) is 4. The van der Waals surface area contributed by atoms with Gasteiger partial charge in [-0.2, -0.15) is 0 Å². The SMILES string of the molecule is CCOC(=O)C1=C(c2ccccc2)N=c2s/c(=C\c3ccc4c(c3)OCO4)c(=O)n2C1c1cccc(OC)c1. The second-order valence-corrected chi connectivity index (χ2v) is 9.83. The molecule has 0 radical (unpaired) electrons. The van der Waals surface area contributed by atoms with Gasteiger partial charge in [0.1, 0.15) is 5.75 Å². The first-order valence-corrected chi connectivity index (χ1v) is 13.2. The van der Waals surface area contributed by atoms with Crippen molar-refractivity contribution >= 4 is 29.1 Å². The molecule has 3 heterocycles. The van der Waals surface area contributed by atoms with Crippen LogP contribution in [-0.4, -0.2) is 31.0 Å². The number of hydrogen-bond donors (Lipinski definition) is 0. The summed E-state index contributed by atoms with van der Waals surface area (Å²) in [5.74, 6) is 1.37. The number of thiazole rings is 1. The molecule has 2 aliphatic rings. The highest BCUT2D eigenvalue weighted by Crippen LogP contribution is 2.36. The molecule has 3 aromatic carbocycles. The van der Waals surface area contributed by atoms with Crippen LogP contribution in [0.15, 0.2) is 88.2 Å². The standard InChI is InChI=1S/C30H24N2O6S/c1-3-36-29(34)25-26(19-8-5-4-6-9-19)31-30-32(27(25)20-10-7-11-21(16-20)35-2)28(33)24(39-30)15-18-12-13-22-23(14-18)38-17-37-22/h4-16,27H,3,17H2,1-2H3/b24-15-. The van der Waals surface area contributed by atoms with Crippen LogP contribution in [0.3, 0.4) is 0 Å². The highest BCUT2D eigenvalue weighted by molar-refractivity contribution is 7.07. The lowest BCUT2D eigenvalue weighted by Gasteiger charge is -2.26. The normalized spacial score (nSPS) is 16.1. The van der Waals surface area contributed by atoms with E-state index in [9.17, 15) is 9.59 Å². The van der Waals surface area contributed by atoms with Gasteiger partial charge in [0, 0.05) is 5.56 Å². The highest BCUT2D eigenvalue weighted by atomic mass is 32.1. The number of methoxy groups -OCH3 is 1. The van der Waals surface area contributed by atoms with E-state index in [1.807, 2.05) is 72.8 Å². The summed E-state index contributed by atoms with van der Waals surface area (Å²) in [4.78, 5) is 32.9. The van der Waals surface area contributed by atoms with Crippen LogP contribution in [0.1, 0.15) is 29.7 Å². The fourth-order valence-corrected chi connectivity index (χ4v) is 5.72. The minimum atomic E-state index is -0.774. The van der Waals surface area contributed by atoms with Crippen LogP contribution >= 0.6 is 11.3 Å². The Kier molecular flexibility index (Phi) is 6.50. The summed E-state index contributed by atoms with van der Waals surface area (Å²) in [6.45, 7) is 2.10. The molecule has 0 spiro atoms. The molecule has 0 N–H and O–H groups in total. The molecule has 2 aliphatic heterocycles. The van der Waals surface area contributed by atoms with Crippen LogP contribution in [0, 0.1) is 0 Å². The second-order valence-electron chi connectivity index (χ2n) is 8.82. The van der Waals surface area contributed by atoms with Crippen molar-refractivity contribution < 1.29 is 23.7 Å². The van der Waals surface area contributed by atoms with Crippen LogP contribution < -0.4 is 29.1 Å². The Balaban J connectivity index is 1.62. The number of aromatic nitrogens is 1. The van der Waals surface area contributed by atoms with E-state index >= 15 is 0 Å². The van der Waals surface area contributed by atoms with E-state index in [1.54, 1.807) is 24.7 Å². The number of fused-ring (bicyclic) bond motifs is 2. The molecule has 8 nitrogen and oxygen atoms in total. The lowest BCUT2D eigenvalue weighted by atomic mass is 9.93. The molecule has 0 fully saturated rings. The minimum Gasteiger partial charge on any atom is -0.497 e. The van der Waals surface area contributed by atoms with Crippen molar-refractivity contribution in [1.29, 1.82) is 0 Å². The summed E-state index contributed by atoms with van der Waals surface area (Å²) < 4.78 is 23.9. The first kappa shape index (κ1) is 24.7. The monoisotopic (exact) mass is 540 g/mol. The van der Waals surface area contributed by atoms with E-state index in [0.717, 1.165) is 11.1 Å². The highest BCUT2D eigenvalue weighted by Gasteiger charge is 2.35. The van der Waals surface area contributed by atoms with Crippen LogP contribution in [0.2, 0.25) is 0 Å². The molecule has 0 saturated carbocycles. The molecule has 9 heteroatoms. The zero-order valence-electron chi connectivity index (χ0n) is 21.2. The van der Waals surface area contributed by atoms with Crippen molar-refractivity contribution in [3.8, 4) is 17.2 Å². The summed E-state index contributed by atoms with van der Waals surface area (Å²) in [5, 5.41) is 0. The van der Waals surface area contributed by atoms with Gasteiger partial charge in [0.15, 0.2) is 16.3 Å². The molecule has 0 amide bonds. The summed E-state index contributed by atoms with van der Waals surface area (Å²) in [7, 11) is 1.58. The van der Waals surface area contributed by atoms with Crippen molar-refractivity contribution in [3.05, 3.63) is 115 Å². The number of hydrogen-bond acceptors (Lipinski definition) is 8. The van der Waals surface area contributed by atoms with Crippen molar-refractivity contribution in [2.24, 2.45) is 4.99 Å². The maximum Gasteiger partial charge on any atom is 0.338 e. The number of esters is 1. The summed E-state index contributed by atoms with van der Waals surface area (Å²) in [6, 6.07) is 21.5. The van der Waals surface area contributed by atoms with Crippen molar-refractivity contribution in [3.63, 3.8) is 0 Å². The first-order valence-electron chi connectivity index (χ1n) is 12.4. The number of nitrogens with zero attached hydrogens (tertiary/aromatic N) is 2. The second kappa shape index (κ2) is 10.3. The Morgan fingerprint density at radius 2 is 1.90 bits per heavy atom. The van der Waals surface area contributed by atoms with E-state index in [2.05, 4.69) is 0 Å². The van der Waals surface area contributed by atoms with Gasteiger partial charge in [-0.3, -0.25) is 9.36 Å². The molecule has 0 bridgehead atoms. The fourth-order valence-electron chi connectivity index (χ4n) is 4.72. The van der Waals surface area contributed by atoms with Crippen molar-refractivity contribution in [2.75, 3.05) is 20.5 Å². The van der Waals surface area contributed by atoms with Crippen molar-refractivity contribution in [2.45, 2.75) is 13.0 Å². The number of rotatable bonds is 6. The molecule has 39 heavy (non-hydrogen) atoms. The average molecular weight is 541 g/mol. The Morgan fingerprint density at radius 1 is 1.08 bits per heavy atom. The summed E-state index contributed by atoms with van der Waals surface area (Å²) in [5.41, 5.74) is 2.74. The Hall–Kier alpha value is -4.63. The largest absolute Gasteiger partial charge is 0.497 e. The third-order valence-electron chi connectivity index (χ3n) is 6.48. The van der Waals surface area contributed by atoms with Gasteiger partial charge in [0.25, 0.3) is 5.56 Å². The Labute approximate surface area is 227 Å². The van der Waals surface area contributed by atoms with Gasteiger partial charge in [0.05, 0.1) is 35.6 Å². The molecule has 6 rings (SSSR count). The molecule has 0 saturated heterocycles. The van der Waals surface area contributed by atoms with E-state index in [0.29, 0.717) is 43.4 Å². The first-order chi connectivity index (χ1) is 19.1. The van der Waals surface area contributed by atoms with E-state index in [1.165, 1.54) is 11.3 Å². The predicted octanol–water partition coefficient (Wildman–Crippen LogP) is 3.67. The fraction of sp³-hybridized carbons (Fsp3) is 0.167. The third-order valence-corrected chi connectivity index (χ3v) is 7.46. The van der Waals surface area contributed by atoms with Gasteiger partial charge in [-0.25, -0.2) is 9.79 Å². The van der Waals surface area contributed by atoms with E-state index in [-0.39, 0.29) is 19.0 Å². The Bertz CT molecular complexity index is 1790. The number of carbonyl (C=O) groups excluding carboxylic acids is 1. The van der Waals surface area contributed by atoms with Gasteiger partial charge in [0.2, 0.25) is 6.79 Å². The molecular weight excluding hydrogens is 516 g/mol. The number of carbonyl (C=O) groups is 1. The lowest BCUT2D eigenvalue weighted by molar-refractivity contribution is -0.138. The van der Waals surface area contributed by atoms with E-state index < -0.39 is 12.0 Å². The summed E-state index contributed by atoms with van der Waals surface area (Å²) >= 11 is 1.26. The molecule has 0 aliphatic carbocycles. The van der Waals surface area contributed by atoms with Crippen LogP contribution in [0.25, 0.3) is 11.8 Å². The molecule has 1 unspecified atom stereocenters. The smallest absolute Gasteiger partial charge is 0.338 e. The molecule has 196 valence electrons. The minimum absolute atomic E-state index is 0.167. The molecule has 4 aromatic rings. The summed E-state index contributed by atoms with van der Waals surface area (Å²) in [6.07, 6.45) is 1.80. The maximum atomic E-state index is 14.0. The van der Waals surface area contributed by atoms with Gasteiger partial charge in [-0.15, -0.1) is 0 Å². The van der Waals surface area contributed by atoms with E-state index in [4.69, 9.17) is 23.9 Å². The van der Waals surface area contributed by atoms with Crippen molar-refractivity contribution in [1.82, 2.24) is 4.57 Å². The van der Waals surface area contributed by atoms with Crippen LogP contribution in [-0.2, 0) is 9.53 Å². The average Bonchev–Trinajstić information content (AvgIpc) is 3.56. The van der Waals surface area contributed by atoms with Gasteiger partial charge < -0.3 is 18.9 Å². The van der Waals surface area contributed by atoms with Crippen LogP contribution in [0.4, 0.5) is 0 Å². The lowest BCUT2D eigenvalue weighted by Crippen LogP contribution is -2.40. The third kappa shape index (κ3) is 4.51. The zero-order chi connectivity index (χ0) is 26.9. The molecule has 1 atom stereocenters. The quantitative estimate of drug-likeness (QED) is 0.347. The molecular formula is C30H24N2O6S. The van der Waals surface area contributed by atoms with Gasteiger partial charge in [-0.1, -0.05) is 59.9 Å². The van der Waals surface area contributed by atoms with Gasteiger partial charge >= 0.3 is 5.97 Å². The van der Waals surface area contributed by atoms with Crippen LogP contribution in [0.5, 0.6) is 17.2 Å².